The van der Waals surface area contributed by atoms with Gasteiger partial charge in [-0.05, 0) is 19.3 Å². The van der Waals surface area contributed by atoms with Gasteiger partial charge >= 0.3 is 11.9 Å². The molecule has 0 radical (unpaired) electrons. The number of unbranched alkanes of at least 4 members (excludes halogenated alkanes) is 23. The molecule has 2 amide bonds. The predicted octanol–water partition coefficient (Wildman–Crippen LogP) is -4.94. The molecule has 41 nitrogen and oxygen atoms in total. The smallest absolute Gasteiger partial charge is 0.364 e. The highest BCUT2D eigenvalue weighted by Crippen LogP contribution is 2.43. The first-order valence-corrected chi connectivity index (χ1v) is 42.3. The van der Waals surface area contributed by atoms with Crippen LogP contribution in [0.4, 0.5) is 0 Å². The molecule has 119 heavy (non-hydrogen) atoms. The van der Waals surface area contributed by atoms with E-state index in [0.29, 0.717) is 12.8 Å². The second-order valence-corrected chi connectivity index (χ2v) is 32.1. The van der Waals surface area contributed by atoms with Crippen molar-refractivity contribution >= 4 is 23.8 Å². The fraction of sp³-hybridized carbons (Fsp3) is 0.923. The van der Waals surface area contributed by atoms with Gasteiger partial charge in [0.2, 0.25) is 11.8 Å². The second kappa shape index (κ2) is 52.4. The number of carbonyl (C=O) groups excluding carboxylic acids is 2. The van der Waals surface area contributed by atoms with Crippen molar-refractivity contribution in [1.82, 2.24) is 10.6 Å². The lowest BCUT2D eigenvalue weighted by Gasteiger charge is -2.52. The molecule has 6 fully saturated rings. The molecule has 41 heteroatoms. The van der Waals surface area contributed by atoms with Crippen molar-refractivity contribution in [3.05, 3.63) is 12.2 Å². The van der Waals surface area contributed by atoms with E-state index < -0.39 is 290 Å². The van der Waals surface area contributed by atoms with E-state index in [4.69, 9.17) is 56.8 Å². The summed E-state index contributed by atoms with van der Waals surface area (Å²) in [6.45, 7) is -2.70. The van der Waals surface area contributed by atoms with Crippen molar-refractivity contribution in [2.45, 2.75) is 408 Å². The fourth-order valence-corrected chi connectivity index (χ4v) is 15.7. The van der Waals surface area contributed by atoms with Gasteiger partial charge in [0.25, 0.3) is 11.6 Å². The van der Waals surface area contributed by atoms with E-state index in [1.807, 2.05) is 0 Å². The standard InChI is InChI=1S/C78H138N2O39/c1-4-6-8-10-12-14-16-18-20-22-24-26-28-30-43(88)42(80-52(93)31-29-27-25-23-21-19-17-15-13-11-9-7-5-2)40-108-72-61(101)60(100)64(50(38-85)111-72)113-74-63(103)70(119-78(76(106)107)33-45(90)55(95)68(117-78)57(97)47(92)35-82)65(51(39-86)112-74)114-71-53(79-41(3)87)66(58(98)48(36-83)109-71)115-73-62(102)69(59(99)49(37-84)110-73)118-77(75(104)105)32-44(89)54(94)67(116-77)56(96)46(91)34-81/h28,30,42-51,53-74,81-86,88-92,94-103H,4-27,29,31-40H2,1-3H3,(H,79,87)(H,80,93)(H,104,105)(H,106,107)/b30-28+/t42-,43+,44?,45?,46+,47+,48?,49?,50?,51?,53?,54+,55+,56+,57+,58-,59-,60+,61?,62?,63?,64+,65-,66+,67?,68?,69-,70+,71-,72+,73-,74-,77-,78-/m0/s1. The lowest BCUT2D eigenvalue weighted by Crippen LogP contribution is -2.72. The molecule has 0 spiro atoms. The van der Waals surface area contributed by atoms with Crippen LogP contribution in [0.2, 0.25) is 0 Å². The van der Waals surface area contributed by atoms with Crippen LogP contribution in [-0.4, -0.2) is 395 Å². The molecule has 6 saturated heterocycles. The van der Waals surface area contributed by atoms with Crippen LogP contribution in [-0.2, 0) is 76.0 Å². The van der Waals surface area contributed by atoms with Crippen LogP contribution in [0.15, 0.2) is 12.2 Å². The van der Waals surface area contributed by atoms with Crippen molar-refractivity contribution in [3.63, 3.8) is 0 Å². The number of carboxylic acid groups (broad SMARTS) is 2. The van der Waals surface area contributed by atoms with Gasteiger partial charge in [-0.15, -0.1) is 0 Å². The Morgan fingerprint density at radius 2 is 0.824 bits per heavy atom. The topological polar surface area (TPSA) is 668 Å². The first-order valence-electron chi connectivity index (χ1n) is 42.3. The summed E-state index contributed by atoms with van der Waals surface area (Å²) in [6, 6.07) is -3.31. The van der Waals surface area contributed by atoms with Gasteiger partial charge in [0.1, 0.15) is 146 Å². The number of amides is 2. The lowest BCUT2D eigenvalue weighted by molar-refractivity contribution is -0.407. The number of rotatable bonds is 55. The number of aliphatic hydroxyl groups excluding tert-OH is 21. The molecule has 0 bridgehead atoms. The third-order valence-electron chi connectivity index (χ3n) is 22.8. The van der Waals surface area contributed by atoms with Crippen LogP contribution in [0.25, 0.3) is 0 Å². The minimum Gasteiger partial charge on any atom is -0.477 e. The van der Waals surface area contributed by atoms with Gasteiger partial charge in [-0.25, -0.2) is 9.59 Å². The molecular formula is C78H138N2O39. The maximum atomic E-state index is 13.8. The maximum absolute atomic E-state index is 13.8. The Kier molecular flexibility index (Phi) is 45.9. The second-order valence-electron chi connectivity index (χ2n) is 32.1. The van der Waals surface area contributed by atoms with Crippen molar-refractivity contribution < 1.29 is 193 Å². The summed E-state index contributed by atoms with van der Waals surface area (Å²) in [4.78, 5) is 53.9. The van der Waals surface area contributed by atoms with Gasteiger partial charge in [-0.3, -0.25) is 9.59 Å². The summed E-state index contributed by atoms with van der Waals surface area (Å²) < 4.78 is 71.2. The quantitative estimate of drug-likeness (QED) is 0.0200. The van der Waals surface area contributed by atoms with Gasteiger partial charge in [-0.2, -0.15) is 0 Å². The van der Waals surface area contributed by atoms with E-state index in [9.17, 15) is 137 Å². The molecule has 0 aromatic rings. The number of carbonyl (C=O) groups is 4. The zero-order chi connectivity index (χ0) is 87.8. The number of aliphatic hydroxyl groups is 21. The van der Waals surface area contributed by atoms with Crippen molar-refractivity contribution in [3.8, 4) is 0 Å². The van der Waals surface area contributed by atoms with Gasteiger partial charge < -0.3 is 185 Å². The Balaban J connectivity index is 1.28. The van der Waals surface area contributed by atoms with E-state index in [1.165, 1.54) is 89.5 Å². The van der Waals surface area contributed by atoms with Crippen LogP contribution >= 0.6 is 0 Å². The van der Waals surface area contributed by atoms with Gasteiger partial charge in [0.15, 0.2) is 25.2 Å². The molecule has 6 rings (SSSR count). The molecule has 0 aliphatic carbocycles. The van der Waals surface area contributed by atoms with Crippen molar-refractivity contribution in [2.75, 3.05) is 46.2 Å². The number of nitrogens with one attached hydrogen (secondary N) is 2. The molecule has 6 aliphatic rings. The highest BCUT2D eigenvalue weighted by Gasteiger charge is 2.64. The minimum atomic E-state index is -3.49. The third kappa shape index (κ3) is 29.4. The normalized spacial score (nSPS) is 36.8. The third-order valence-corrected chi connectivity index (χ3v) is 22.8. The molecule has 694 valence electrons. The molecule has 0 saturated carbocycles. The summed E-state index contributed by atoms with van der Waals surface area (Å²) in [5.74, 6) is -12.7. The maximum Gasteiger partial charge on any atom is 0.364 e. The Morgan fingerprint density at radius 1 is 0.437 bits per heavy atom. The Hall–Kier alpha value is -3.70. The van der Waals surface area contributed by atoms with E-state index in [1.54, 1.807) is 6.08 Å². The van der Waals surface area contributed by atoms with Crippen LogP contribution in [0.1, 0.15) is 201 Å². The molecule has 6 heterocycles. The SMILES string of the molecule is CCCCCCCCCCCCC/C=C/[C@@H](O)[C@H](CO[C@@H]1OC(CO)[C@@H](O[C@@H]2OC(CO)[C@H](O[C@@H]3OC(CO)[C@H](O)[C@H](O[C@@H]4OC(CO)[C@H](O)[C@H](O[C@]5(C(=O)O)CC(O)[C@@H](O)C([C@H](O)[C@H](O)CO)O5)C4O)C3NC(C)=O)[C@H](O[C@]3(C(=O)O)CC(O)[C@@H](O)C([C@H](O)[C@H](O)CO)O3)C2O)[C@H](O)C1O)NC(=O)CCCCCCCCCCCCCCC. The van der Waals surface area contributed by atoms with Gasteiger partial charge in [-0.1, -0.05) is 167 Å². The van der Waals surface area contributed by atoms with Crippen LogP contribution < -0.4 is 10.6 Å². The number of aliphatic carboxylic acids is 2. The number of allylic oxidation sites excluding steroid dienone is 1. The van der Waals surface area contributed by atoms with Crippen LogP contribution in [0.5, 0.6) is 0 Å². The van der Waals surface area contributed by atoms with Crippen molar-refractivity contribution in [1.29, 1.82) is 0 Å². The molecule has 34 atom stereocenters. The zero-order valence-corrected chi connectivity index (χ0v) is 68.2. The Labute approximate surface area is 691 Å². The average molecular weight is 1730 g/mol. The van der Waals surface area contributed by atoms with E-state index >= 15 is 0 Å². The Morgan fingerprint density at radius 3 is 1.27 bits per heavy atom. The zero-order valence-electron chi connectivity index (χ0n) is 68.2. The molecule has 0 aromatic heterocycles. The number of ether oxygens (including phenoxy) is 12. The van der Waals surface area contributed by atoms with Crippen LogP contribution in [0, 0.1) is 0 Å². The summed E-state index contributed by atoms with van der Waals surface area (Å²) in [5.41, 5.74) is 0. The average Bonchev–Trinajstić information content (AvgIpc) is 0.750. The highest BCUT2D eigenvalue weighted by molar-refractivity contribution is 5.77. The summed E-state index contributed by atoms with van der Waals surface area (Å²) in [7, 11) is 0. The summed E-state index contributed by atoms with van der Waals surface area (Å²) in [6.07, 6.45) is -39.5. The largest absolute Gasteiger partial charge is 0.477 e. The Bertz CT molecular complexity index is 2900. The first-order chi connectivity index (χ1) is 56.8. The predicted molar refractivity (Wildman–Crippen MR) is 407 cm³/mol. The van der Waals surface area contributed by atoms with E-state index in [-0.39, 0.29) is 6.42 Å². The number of hydrogen-bond donors (Lipinski definition) is 25. The minimum absolute atomic E-state index is 0.101. The first kappa shape index (κ1) is 104. The molecule has 0 aromatic carbocycles. The van der Waals surface area contributed by atoms with Crippen molar-refractivity contribution in [2.24, 2.45) is 0 Å². The van der Waals surface area contributed by atoms with E-state index in [2.05, 4.69) is 24.5 Å². The molecule has 12 unspecified atom stereocenters. The lowest BCUT2D eigenvalue weighted by atomic mass is 9.90. The molecular weight excluding hydrogens is 1590 g/mol. The number of carboxylic acids is 2. The molecule has 25 N–H and O–H groups in total. The van der Waals surface area contributed by atoms with Gasteiger partial charge in [0, 0.05) is 26.2 Å². The summed E-state index contributed by atoms with van der Waals surface area (Å²) in [5, 5.41) is 260. The number of hydrogen-bond acceptors (Lipinski definition) is 37. The van der Waals surface area contributed by atoms with Gasteiger partial charge in [0.05, 0.1) is 70.6 Å². The van der Waals surface area contributed by atoms with Crippen LogP contribution in [0.3, 0.4) is 0 Å². The monoisotopic (exact) mass is 1730 g/mol. The molecule has 6 aliphatic heterocycles. The highest BCUT2D eigenvalue weighted by atomic mass is 16.8. The summed E-state index contributed by atoms with van der Waals surface area (Å²) >= 11 is 0. The van der Waals surface area contributed by atoms with E-state index in [0.717, 1.165) is 71.1 Å². The fourth-order valence-electron chi connectivity index (χ4n) is 15.7.